The van der Waals surface area contributed by atoms with Gasteiger partial charge in [-0.3, -0.25) is 4.79 Å². The minimum atomic E-state index is 0.258. The van der Waals surface area contributed by atoms with Gasteiger partial charge in [0.1, 0.15) is 5.78 Å². The molecule has 0 aliphatic rings. The Morgan fingerprint density at radius 1 is 1.00 bits per heavy atom. The Kier molecular flexibility index (Phi) is 12.0. The van der Waals surface area contributed by atoms with Gasteiger partial charge in [-0.25, -0.2) is 0 Å². The molecule has 0 fully saturated rings. The third kappa shape index (κ3) is 10.1. The molecule has 2 heteroatoms. The molecule has 0 aromatic heterocycles. The Bertz CT molecular complexity index is 258. The summed E-state index contributed by atoms with van der Waals surface area (Å²) < 4.78 is 5.34. The lowest BCUT2D eigenvalue weighted by atomic mass is 9.84. The molecule has 0 amide bonds. The lowest BCUT2D eigenvalue weighted by Gasteiger charge is -2.21. The fourth-order valence-corrected chi connectivity index (χ4v) is 3.07. The van der Waals surface area contributed by atoms with E-state index in [9.17, 15) is 4.79 Å². The number of carbonyl (C=O) groups is 1. The van der Waals surface area contributed by atoms with Crippen LogP contribution in [0.5, 0.6) is 0 Å². The average molecular weight is 299 g/mol. The Morgan fingerprint density at radius 3 is 2.14 bits per heavy atom. The molecule has 126 valence electrons. The van der Waals surface area contributed by atoms with Crippen LogP contribution in [-0.4, -0.2) is 19.5 Å². The molecule has 0 heterocycles. The summed E-state index contributed by atoms with van der Waals surface area (Å²) in [5.74, 6) is 2.52. The molecule has 0 aromatic carbocycles. The summed E-state index contributed by atoms with van der Waals surface area (Å²) in [7, 11) is 1.77. The number of Topliss-reactive ketones (excluding diaryl/α,β-unsaturated/α-hetero) is 1. The first-order valence-electron chi connectivity index (χ1n) is 8.93. The van der Waals surface area contributed by atoms with Gasteiger partial charge >= 0.3 is 0 Å². The molecule has 0 aromatic rings. The van der Waals surface area contributed by atoms with Gasteiger partial charge in [-0.15, -0.1) is 0 Å². The van der Waals surface area contributed by atoms with E-state index in [0.29, 0.717) is 17.6 Å². The zero-order chi connectivity index (χ0) is 16.3. The molecular weight excluding hydrogens is 260 g/mol. The molecule has 0 N–H and O–H groups in total. The van der Waals surface area contributed by atoms with Crippen molar-refractivity contribution in [1.29, 1.82) is 0 Å². The summed E-state index contributed by atoms with van der Waals surface area (Å²) in [5, 5.41) is 0. The van der Waals surface area contributed by atoms with E-state index in [2.05, 4.69) is 34.6 Å². The van der Waals surface area contributed by atoms with Gasteiger partial charge in [0.25, 0.3) is 0 Å². The summed E-state index contributed by atoms with van der Waals surface area (Å²) in [6, 6.07) is 0. The molecule has 21 heavy (non-hydrogen) atoms. The van der Waals surface area contributed by atoms with Gasteiger partial charge in [0.2, 0.25) is 0 Å². The van der Waals surface area contributed by atoms with Crippen LogP contribution in [0.3, 0.4) is 0 Å². The number of rotatable bonds is 13. The molecule has 2 atom stereocenters. The number of carbonyl (C=O) groups excluding carboxylic acids is 1. The lowest BCUT2D eigenvalue weighted by Crippen LogP contribution is -2.21. The third-order valence-electron chi connectivity index (χ3n) is 4.41. The maximum atomic E-state index is 12.4. The van der Waals surface area contributed by atoms with Gasteiger partial charge in [0.15, 0.2) is 0 Å². The van der Waals surface area contributed by atoms with Crippen molar-refractivity contribution >= 4 is 5.78 Å². The largest absolute Gasteiger partial charge is 0.384 e. The molecule has 0 aliphatic heterocycles. The highest BCUT2D eigenvalue weighted by Gasteiger charge is 2.22. The van der Waals surface area contributed by atoms with E-state index in [-0.39, 0.29) is 5.92 Å². The maximum Gasteiger partial charge on any atom is 0.136 e. The van der Waals surface area contributed by atoms with Gasteiger partial charge in [0, 0.05) is 26.1 Å². The number of methoxy groups -OCH3 is 1. The third-order valence-corrected chi connectivity index (χ3v) is 4.41. The Labute approximate surface area is 133 Å². The van der Waals surface area contributed by atoms with E-state index in [1.807, 2.05) is 0 Å². The first-order valence-corrected chi connectivity index (χ1v) is 8.93. The molecule has 2 unspecified atom stereocenters. The average Bonchev–Trinajstić information content (AvgIpc) is 2.41. The van der Waals surface area contributed by atoms with E-state index in [0.717, 1.165) is 38.2 Å². The highest BCUT2D eigenvalue weighted by atomic mass is 16.5. The predicted molar refractivity (Wildman–Crippen MR) is 91.5 cm³/mol. The number of ketones is 1. The molecular formula is C19H38O2. The van der Waals surface area contributed by atoms with Crippen molar-refractivity contribution in [1.82, 2.24) is 0 Å². The zero-order valence-corrected chi connectivity index (χ0v) is 15.3. The van der Waals surface area contributed by atoms with Crippen molar-refractivity contribution in [2.45, 2.75) is 79.6 Å². The van der Waals surface area contributed by atoms with Crippen molar-refractivity contribution in [2.24, 2.45) is 23.7 Å². The number of ether oxygens (including phenoxy) is 1. The van der Waals surface area contributed by atoms with Crippen LogP contribution < -0.4 is 0 Å². The van der Waals surface area contributed by atoms with Gasteiger partial charge < -0.3 is 4.74 Å². The molecule has 0 saturated heterocycles. The number of hydrogen-bond donors (Lipinski definition) is 0. The van der Waals surface area contributed by atoms with E-state index in [1.54, 1.807) is 7.11 Å². The molecule has 0 radical (unpaired) electrons. The van der Waals surface area contributed by atoms with Crippen molar-refractivity contribution in [3.63, 3.8) is 0 Å². The van der Waals surface area contributed by atoms with Gasteiger partial charge in [-0.2, -0.15) is 0 Å². The standard InChI is InChI=1S/C19H38O2/c1-7-9-18(16(4)5)19(20)13-12-17(14-21-6)11-8-10-15(2)3/h15-18H,7-14H2,1-6H3. The van der Waals surface area contributed by atoms with Crippen molar-refractivity contribution < 1.29 is 9.53 Å². The topological polar surface area (TPSA) is 26.3 Å². The Hall–Kier alpha value is -0.370. The normalized spacial score (nSPS) is 14.7. The zero-order valence-electron chi connectivity index (χ0n) is 15.3. The van der Waals surface area contributed by atoms with Crippen LogP contribution in [0.15, 0.2) is 0 Å². The minimum absolute atomic E-state index is 0.258. The molecule has 0 bridgehead atoms. The second kappa shape index (κ2) is 12.2. The quantitative estimate of drug-likeness (QED) is 0.449. The molecule has 0 spiro atoms. The van der Waals surface area contributed by atoms with Crippen LogP contribution in [0.2, 0.25) is 0 Å². The van der Waals surface area contributed by atoms with Crippen LogP contribution in [0.1, 0.15) is 79.6 Å². The summed E-state index contributed by atoms with van der Waals surface area (Å²) in [6.07, 6.45) is 7.60. The molecule has 2 nitrogen and oxygen atoms in total. The monoisotopic (exact) mass is 298 g/mol. The molecule has 0 rings (SSSR count). The van der Waals surface area contributed by atoms with Crippen LogP contribution in [0.25, 0.3) is 0 Å². The predicted octanol–water partition coefficient (Wildman–Crippen LogP) is 5.50. The van der Waals surface area contributed by atoms with Gasteiger partial charge in [0.05, 0.1) is 0 Å². The first kappa shape index (κ1) is 20.6. The maximum absolute atomic E-state index is 12.4. The highest BCUT2D eigenvalue weighted by molar-refractivity contribution is 5.81. The fraction of sp³-hybridized carbons (Fsp3) is 0.947. The highest BCUT2D eigenvalue weighted by Crippen LogP contribution is 2.23. The van der Waals surface area contributed by atoms with Crippen molar-refractivity contribution in [3.8, 4) is 0 Å². The van der Waals surface area contributed by atoms with Crippen LogP contribution >= 0.6 is 0 Å². The Balaban J connectivity index is 4.22. The van der Waals surface area contributed by atoms with Crippen molar-refractivity contribution in [3.05, 3.63) is 0 Å². The van der Waals surface area contributed by atoms with E-state index < -0.39 is 0 Å². The van der Waals surface area contributed by atoms with E-state index in [1.165, 1.54) is 19.3 Å². The fourth-order valence-electron chi connectivity index (χ4n) is 3.07. The SMILES string of the molecule is CCCC(C(=O)CCC(CCCC(C)C)COC)C(C)C. The second-order valence-corrected chi connectivity index (χ2v) is 7.29. The van der Waals surface area contributed by atoms with Gasteiger partial charge in [-0.05, 0) is 37.0 Å². The molecule has 0 aliphatic carbocycles. The van der Waals surface area contributed by atoms with Gasteiger partial charge in [-0.1, -0.05) is 53.9 Å². The van der Waals surface area contributed by atoms with E-state index >= 15 is 0 Å². The smallest absolute Gasteiger partial charge is 0.136 e. The lowest BCUT2D eigenvalue weighted by molar-refractivity contribution is -0.124. The minimum Gasteiger partial charge on any atom is -0.384 e. The van der Waals surface area contributed by atoms with E-state index in [4.69, 9.17) is 4.74 Å². The van der Waals surface area contributed by atoms with Crippen LogP contribution in [-0.2, 0) is 9.53 Å². The number of hydrogen-bond acceptors (Lipinski definition) is 2. The first-order chi connectivity index (χ1) is 9.92. The van der Waals surface area contributed by atoms with Crippen molar-refractivity contribution in [2.75, 3.05) is 13.7 Å². The Morgan fingerprint density at radius 2 is 1.67 bits per heavy atom. The molecule has 0 saturated carbocycles. The second-order valence-electron chi connectivity index (χ2n) is 7.29. The van der Waals surface area contributed by atoms with Crippen LogP contribution in [0.4, 0.5) is 0 Å². The summed E-state index contributed by atoms with van der Waals surface area (Å²) in [6.45, 7) is 11.9. The van der Waals surface area contributed by atoms with Crippen LogP contribution in [0, 0.1) is 23.7 Å². The summed E-state index contributed by atoms with van der Waals surface area (Å²) in [5.41, 5.74) is 0. The summed E-state index contributed by atoms with van der Waals surface area (Å²) in [4.78, 5) is 12.4. The summed E-state index contributed by atoms with van der Waals surface area (Å²) >= 11 is 0.